The number of nitriles is 1. The second kappa shape index (κ2) is 7.01. The van der Waals surface area contributed by atoms with Gasteiger partial charge >= 0.3 is 0 Å². The summed E-state index contributed by atoms with van der Waals surface area (Å²) in [4.78, 5) is 9.51. The lowest BCUT2D eigenvalue weighted by molar-refractivity contribution is 0.750. The number of pyridine rings is 1. The van der Waals surface area contributed by atoms with Crippen LogP contribution in [0.5, 0.6) is 0 Å². The Morgan fingerprint density at radius 3 is 2.36 bits per heavy atom. The summed E-state index contributed by atoms with van der Waals surface area (Å²) >= 11 is 4.02. The molecular formula is C16H22N4S2. The Morgan fingerprint density at radius 1 is 1.09 bits per heavy atom. The number of rotatable bonds is 2. The van der Waals surface area contributed by atoms with E-state index in [4.69, 9.17) is 4.98 Å². The molecule has 3 heterocycles. The largest absolute Gasteiger partial charge is 0.355 e. The van der Waals surface area contributed by atoms with E-state index in [0.29, 0.717) is 16.1 Å². The zero-order valence-corrected chi connectivity index (χ0v) is 14.8. The first-order valence-electron chi connectivity index (χ1n) is 7.81. The van der Waals surface area contributed by atoms with Gasteiger partial charge < -0.3 is 9.80 Å². The van der Waals surface area contributed by atoms with E-state index < -0.39 is 0 Å². The van der Waals surface area contributed by atoms with Crippen molar-refractivity contribution in [1.29, 1.82) is 5.26 Å². The fourth-order valence-corrected chi connectivity index (χ4v) is 5.01. The molecule has 3 rings (SSSR count). The van der Waals surface area contributed by atoms with Crippen LogP contribution in [0, 0.1) is 11.3 Å². The maximum absolute atomic E-state index is 9.42. The molecule has 0 aromatic carbocycles. The number of thioether (sulfide) groups is 2. The maximum Gasteiger partial charge on any atom is 0.149 e. The summed E-state index contributed by atoms with van der Waals surface area (Å²) in [6, 6.07) is 6.26. The highest BCUT2D eigenvalue weighted by molar-refractivity contribution is 8.00. The summed E-state index contributed by atoms with van der Waals surface area (Å²) < 4.78 is 0. The molecule has 1 aromatic heterocycles. The van der Waals surface area contributed by atoms with Gasteiger partial charge in [0.25, 0.3) is 0 Å². The minimum Gasteiger partial charge on any atom is -0.355 e. The highest BCUT2D eigenvalue weighted by Crippen LogP contribution is 2.29. The molecule has 0 aliphatic carbocycles. The van der Waals surface area contributed by atoms with Gasteiger partial charge in [0, 0.05) is 48.2 Å². The van der Waals surface area contributed by atoms with Gasteiger partial charge in [-0.15, -0.1) is 0 Å². The van der Waals surface area contributed by atoms with E-state index in [1.165, 1.54) is 0 Å². The van der Waals surface area contributed by atoms with Crippen molar-refractivity contribution < 1.29 is 0 Å². The normalized spacial score (nSPS) is 25.9. The molecule has 0 N–H and O–H groups in total. The third kappa shape index (κ3) is 3.47. The molecule has 4 nitrogen and oxygen atoms in total. The molecule has 2 fully saturated rings. The third-order valence-corrected chi connectivity index (χ3v) is 6.36. The van der Waals surface area contributed by atoms with Crippen LogP contribution >= 0.6 is 23.5 Å². The quantitative estimate of drug-likeness (QED) is 0.828. The Kier molecular flexibility index (Phi) is 5.04. The average Bonchev–Trinajstić information content (AvgIpc) is 2.54. The van der Waals surface area contributed by atoms with Crippen molar-refractivity contribution in [3.8, 4) is 6.07 Å². The Balaban J connectivity index is 1.87. The molecule has 0 spiro atoms. The van der Waals surface area contributed by atoms with Crippen molar-refractivity contribution in [2.45, 2.75) is 24.3 Å². The molecule has 2 aliphatic heterocycles. The molecule has 118 valence electrons. The summed E-state index contributed by atoms with van der Waals surface area (Å²) in [5.41, 5.74) is 0.697. The van der Waals surface area contributed by atoms with Crippen molar-refractivity contribution in [3.63, 3.8) is 0 Å². The minimum atomic E-state index is 0.595. The second-order valence-electron chi connectivity index (χ2n) is 5.91. The van der Waals surface area contributed by atoms with Crippen LogP contribution in [0.25, 0.3) is 0 Å². The molecule has 0 bridgehead atoms. The number of aromatic nitrogens is 1. The van der Waals surface area contributed by atoms with Gasteiger partial charge in [-0.3, -0.25) is 0 Å². The van der Waals surface area contributed by atoms with E-state index in [9.17, 15) is 5.26 Å². The fourth-order valence-electron chi connectivity index (χ4n) is 2.98. The lowest BCUT2D eigenvalue weighted by atomic mass is 10.2. The molecule has 2 unspecified atom stereocenters. The zero-order chi connectivity index (χ0) is 15.5. The summed E-state index contributed by atoms with van der Waals surface area (Å²) in [7, 11) is 0. The lowest BCUT2D eigenvalue weighted by Crippen LogP contribution is -2.39. The predicted molar refractivity (Wildman–Crippen MR) is 97.2 cm³/mol. The number of hydrogen-bond donors (Lipinski definition) is 0. The molecule has 1 aromatic rings. The van der Waals surface area contributed by atoms with E-state index in [0.717, 1.165) is 49.3 Å². The van der Waals surface area contributed by atoms with Crippen molar-refractivity contribution >= 4 is 35.2 Å². The Labute approximate surface area is 141 Å². The van der Waals surface area contributed by atoms with E-state index in [2.05, 4.69) is 29.7 Å². The first-order chi connectivity index (χ1) is 10.7. The molecule has 0 amide bonds. The smallest absolute Gasteiger partial charge is 0.149 e. The average molecular weight is 335 g/mol. The minimum absolute atomic E-state index is 0.595. The first kappa shape index (κ1) is 15.8. The second-order valence-corrected chi connectivity index (χ2v) is 9.00. The van der Waals surface area contributed by atoms with Crippen LogP contribution < -0.4 is 9.80 Å². The highest BCUT2D eigenvalue weighted by Gasteiger charge is 2.23. The van der Waals surface area contributed by atoms with Gasteiger partial charge in [0.1, 0.15) is 17.7 Å². The van der Waals surface area contributed by atoms with Gasteiger partial charge in [-0.25, -0.2) is 4.98 Å². The van der Waals surface area contributed by atoms with Crippen molar-refractivity contribution in [1.82, 2.24) is 4.98 Å². The summed E-state index contributed by atoms with van der Waals surface area (Å²) in [6.07, 6.45) is 0. The van der Waals surface area contributed by atoms with Gasteiger partial charge in [-0.2, -0.15) is 28.8 Å². The maximum atomic E-state index is 9.42. The van der Waals surface area contributed by atoms with Crippen molar-refractivity contribution in [3.05, 3.63) is 17.7 Å². The molecular weight excluding hydrogens is 312 g/mol. The van der Waals surface area contributed by atoms with Gasteiger partial charge in [-0.05, 0) is 12.1 Å². The van der Waals surface area contributed by atoms with Gasteiger partial charge in [0.15, 0.2) is 0 Å². The predicted octanol–water partition coefficient (Wildman–Crippen LogP) is 2.84. The molecule has 22 heavy (non-hydrogen) atoms. The first-order valence-corrected chi connectivity index (χ1v) is 9.91. The van der Waals surface area contributed by atoms with Crippen LogP contribution in [0.3, 0.4) is 0 Å². The van der Waals surface area contributed by atoms with Crippen LogP contribution in [0.1, 0.15) is 19.4 Å². The summed E-state index contributed by atoms with van der Waals surface area (Å²) in [5, 5.41) is 10.7. The van der Waals surface area contributed by atoms with Crippen molar-refractivity contribution in [2.75, 3.05) is 47.5 Å². The Morgan fingerprint density at radius 2 is 1.73 bits per heavy atom. The Hall–Kier alpha value is -1.06. The van der Waals surface area contributed by atoms with E-state index >= 15 is 0 Å². The number of hydrogen-bond acceptors (Lipinski definition) is 6. The fraction of sp³-hybridized carbons (Fsp3) is 0.625. The summed E-state index contributed by atoms with van der Waals surface area (Å²) in [6.45, 7) is 8.55. The van der Waals surface area contributed by atoms with Crippen LogP contribution in [-0.4, -0.2) is 53.2 Å². The summed E-state index contributed by atoms with van der Waals surface area (Å²) in [5.74, 6) is 4.15. The zero-order valence-electron chi connectivity index (χ0n) is 13.2. The van der Waals surface area contributed by atoms with Crippen LogP contribution in [0.15, 0.2) is 12.1 Å². The molecule has 2 atom stereocenters. The van der Waals surface area contributed by atoms with Crippen LogP contribution in [-0.2, 0) is 0 Å². The number of anilines is 2. The van der Waals surface area contributed by atoms with Crippen LogP contribution in [0.4, 0.5) is 11.6 Å². The number of nitrogens with zero attached hydrogens (tertiary/aromatic N) is 4. The van der Waals surface area contributed by atoms with Gasteiger partial charge in [0.05, 0.1) is 5.56 Å². The Bertz CT molecular complexity index is 572. The molecule has 6 heteroatoms. The highest BCUT2D eigenvalue weighted by atomic mass is 32.2. The molecule has 2 saturated heterocycles. The lowest BCUT2D eigenvalue weighted by Gasteiger charge is -2.34. The molecule has 2 aliphatic rings. The SMILES string of the molecule is CC1CN(c2ccc(C#N)c(N3CCSC(C)C3)n2)CCS1. The van der Waals surface area contributed by atoms with E-state index in [1.54, 1.807) is 0 Å². The van der Waals surface area contributed by atoms with E-state index in [-0.39, 0.29) is 0 Å². The molecule has 0 saturated carbocycles. The third-order valence-electron chi connectivity index (χ3n) is 4.09. The van der Waals surface area contributed by atoms with E-state index in [1.807, 2.05) is 35.7 Å². The monoisotopic (exact) mass is 334 g/mol. The molecule has 0 radical (unpaired) electrons. The van der Waals surface area contributed by atoms with Gasteiger partial charge in [0.2, 0.25) is 0 Å². The van der Waals surface area contributed by atoms with Crippen LogP contribution in [0.2, 0.25) is 0 Å². The van der Waals surface area contributed by atoms with Gasteiger partial charge in [-0.1, -0.05) is 13.8 Å². The topological polar surface area (TPSA) is 43.2 Å². The standard InChI is InChI=1S/C16H22N4S2/c1-12-10-19(5-7-21-12)15-4-3-14(9-17)16(18-15)20-6-8-22-13(2)11-20/h3-4,12-13H,5-8,10-11H2,1-2H3. The van der Waals surface area contributed by atoms with Crippen molar-refractivity contribution in [2.24, 2.45) is 0 Å².